The van der Waals surface area contributed by atoms with Gasteiger partial charge in [-0.15, -0.1) is 11.8 Å². The lowest BCUT2D eigenvalue weighted by atomic mass is 10.0. The Morgan fingerprint density at radius 2 is 2.00 bits per heavy atom. The Hall–Kier alpha value is -2.10. The largest absolute Gasteiger partial charge is 0.495 e. The quantitative estimate of drug-likeness (QED) is 0.726. The van der Waals surface area contributed by atoms with Crippen LogP contribution in [0.15, 0.2) is 46.2 Å². The number of rotatable bonds is 6. The van der Waals surface area contributed by atoms with E-state index in [1.54, 1.807) is 12.1 Å². The number of thioether (sulfide) groups is 1. The van der Waals surface area contributed by atoms with E-state index in [1.807, 2.05) is 0 Å². The molecule has 0 saturated heterocycles. The number of hydrogen-bond donors (Lipinski definition) is 2. The van der Waals surface area contributed by atoms with Crippen LogP contribution in [0.4, 0.5) is 4.39 Å². The number of carbonyl (C=O) groups excluding carboxylic acids is 1. The highest BCUT2D eigenvalue weighted by Crippen LogP contribution is 2.38. The summed E-state index contributed by atoms with van der Waals surface area (Å²) >= 11 is 1.43. The SMILES string of the molecule is COc1ccc(C(=O)N[C@@H]2CCSc3c(F)cccc32)cc1S(=O)(=O)NC1CC1. The highest BCUT2D eigenvalue weighted by molar-refractivity contribution is 7.99. The maximum Gasteiger partial charge on any atom is 0.251 e. The van der Waals surface area contributed by atoms with Gasteiger partial charge in [0.25, 0.3) is 5.91 Å². The molecule has 4 rings (SSSR count). The fourth-order valence-electron chi connectivity index (χ4n) is 3.29. The average Bonchev–Trinajstić information content (AvgIpc) is 3.51. The number of halogens is 1. The van der Waals surface area contributed by atoms with Gasteiger partial charge in [0, 0.05) is 22.3 Å². The minimum atomic E-state index is -3.79. The van der Waals surface area contributed by atoms with Crippen molar-refractivity contribution in [2.75, 3.05) is 12.9 Å². The number of nitrogens with one attached hydrogen (secondary N) is 2. The third kappa shape index (κ3) is 4.26. The minimum absolute atomic E-state index is 0.0617. The maximum atomic E-state index is 14.1. The van der Waals surface area contributed by atoms with E-state index in [0.29, 0.717) is 17.1 Å². The number of fused-ring (bicyclic) bond motifs is 1. The summed E-state index contributed by atoms with van der Waals surface area (Å²) in [5.41, 5.74) is 0.949. The molecule has 0 radical (unpaired) electrons. The summed E-state index contributed by atoms with van der Waals surface area (Å²) in [6.45, 7) is 0. The Labute approximate surface area is 173 Å². The molecule has 1 fully saturated rings. The summed E-state index contributed by atoms with van der Waals surface area (Å²) in [5, 5.41) is 2.91. The molecule has 0 aromatic heterocycles. The van der Waals surface area contributed by atoms with E-state index in [-0.39, 0.29) is 34.1 Å². The first-order valence-electron chi connectivity index (χ1n) is 9.31. The lowest BCUT2D eigenvalue weighted by Crippen LogP contribution is -2.31. The van der Waals surface area contributed by atoms with Gasteiger partial charge in [-0.1, -0.05) is 12.1 Å². The van der Waals surface area contributed by atoms with Gasteiger partial charge < -0.3 is 10.1 Å². The first kappa shape index (κ1) is 20.2. The van der Waals surface area contributed by atoms with E-state index in [4.69, 9.17) is 4.74 Å². The fraction of sp³-hybridized carbons (Fsp3) is 0.350. The number of hydrogen-bond acceptors (Lipinski definition) is 5. The van der Waals surface area contributed by atoms with Gasteiger partial charge in [-0.05, 0) is 49.1 Å². The maximum absolute atomic E-state index is 14.1. The van der Waals surface area contributed by atoms with Crippen molar-refractivity contribution < 1.29 is 22.3 Å². The summed E-state index contributed by atoms with van der Waals surface area (Å²) in [5.74, 6) is 0.154. The first-order chi connectivity index (χ1) is 13.9. The number of methoxy groups -OCH3 is 1. The van der Waals surface area contributed by atoms with Crippen LogP contribution in [0.5, 0.6) is 5.75 Å². The molecule has 0 spiro atoms. The van der Waals surface area contributed by atoms with Gasteiger partial charge in [0.15, 0.2) is 0 Å². The number of carbonyl (C=O) groups is 1. The molecule has 1 heterocycles. The van der Waals surface area contributed by atoms with Crippen molar-refractivity contribution in [1.29, 1.82) is 0 Å². The molecule has 0 bridgehead atoms. The smallest absolute Gasteiger partial charge is 0.251 e. The monoisotopic (exact) mass is 436 g/mol. The second kappa shape index (κ2) is 7.97. The van der Waals surface area contributed by atoms with Gasteiger partial charge in [0.2, 0.25) is 10.0 Å². The standard InChI is InChI=1S/C20H21FN2O4S2/c1-27-17-8-5-12(11-18(17)29(25,26)23-13-6-7-13)20(24)22-16-9-10-28-19-14(16)3-2-4-15(19)21/h2-5,8,11,13,16,23H,6-7,9-10H2,1H3,(H,22,24)/t16-/m1/s1. The average molecular weight is 437 g/mol. The van der Waals surface area contributed by atoms with Crippen LogP contribution < -0.4 is 14.8 Å². The highest BCUT2D eigenvalue weighted by atomic mass is 32.2. The summed E-state index contributed by atoms with van der Waals surface area (Å²) in [6, 6.07) is 8.76. The molecule has 2 aromatic rings. The van der Waals surface area contributed by atoms with Crippen molar-refractivity contribution in [3.05, 3.63) is 53.3 Å². The molecule has 6 nitrogen and oxygen atoms in total. The molecule has 2 aliphatic rings. The van der Waals surface area contributed by atoms with Crippen molar-refractivity contribution in [2.45, 2.75) is 41.1 Å². The van der Waals surface area contributed by atoms with Crippen LogP contribution in [0, 0.1) is 5.82 Å². The van der Waals surface area contributed by atoms with Crippen LogP contribution in [-0.4, -0.2) is 33.2 Å². The van der Waals surface area contributed by atoms with Crippen molar-refractivity contribution >= 4 is 27.7 Å². The van der Waals surface area contributed by atoms with Gasteiger partial charge in [-0.2, -0.15) is 0 Å². The zero-order valence-corrected chi connectivity index (χ0v) is 17.4. The predicted molar refractivity (Wildman–Crippen MR) is 108 cm³/mol. The van der Waals surface area contributed by atoms with Crippen LogP contribution in [0.3, 0.4) is 0 Å². The Bertz CT molecular complexity index is 1050. The van der Waals surface area contributed by atoms with Gasteiger partial charge in [0.05, 0.1) is 13.2 Å². The molecule has 29 heavy (non-hydrogen) atoms. The molecular weight excluding hydrogens is 415 g/mol. The van der Waals surface area contributed by atoms with Crippen LogP contribution in [0.25, 0.3) is 0 Å². The van der Waals surface area contributed by atoms with Crippen molar-refractivity contribution in [1.82, 2.24) is 10.0 Å². The Balaban J connectivity index is 1.60. The topological polar surface area (TPSA) is 84.5 Å². The summed E-state index contributed by atoms with van der Waals surface area (Å²) < 4.78 is 47.2. The second-order valence-corrected chi connectivity index (χ2v) is 9.87. The molecule has 0 unspecified atom stereocenters. The van der Waals surface area contributed by atoms with E-state index in [2.05, 4.69) is 10.0 Å². The number of benzene rings is 2. The molecule has 9 heteroatoms. The van der Waals surface area contributed by atoms with Gasteiger partial charge in [-0.25, -0.2) is 17.5 Å². The van der Waals surface area contributed by atoms with Crippen molar-refractivity contribution in [3.63, 3.8) is 0 Å². The fourth-order valence-corrected chi connectivity index (χ4v) is 5.93. The van der Waals surface area contributed by atoms with Crippen molar-refractivity contribution in [2.24, 2.45) is 0 Å². The molecule has 1 amide bonds. The molecular formula is C20H21FN2O4S2. The normalized spacial score (nSPS) is 18.8. The summed E-state index contributed by atoms with van der Waals surface area (Å²) in [6.07, 6.45) is 2.27. The zero-order chi connectivity index (χ0) is 20.6. The Kier molecular flexibility index (Phi) is 5.54. The van der Waals surface area contributed by atoms with E-state index < -0.39 is 15.9 Å². The predicted octanol–water partition coefficient (Wildman–Crippen LogP) is 3.24. The van der Waals surface area contributed by atoms with Gasteiger partial charge >= 0.3 is 0 Å². The number of amides is 1. The summed E-state index contributed by atoms with van der Waals surface area (Å²) in [7, 11) is -2.41. The zero-order valence-electron chi connectivity index (χ0n) is 15.8. The van der Waals surface area contributed by atoms with Crippen LogP contribution in [-0.2, 0) is 10.0 Å². The summed E-state index contributed by atoms with van der Waals surface area (Å²) in [4.78, 5) is 13.3. The third-order valence-electron chi connectivity index (χ3n) is 4.95. The van der Waals surface area contributed by atoms with E-state index in [9.17, 15) is 17.6 Å². The number of sulfonamides is 1. The second-order valence-electron chi connectivity index (χ2n) is 7.08. The molecule has 1 atom stereocenters. The molecule has 1 aliphatic heterocycles. The van der Waals surface area contributed by atoms with E-state index in [1.165, 1.54) is 43.1 Å². The minimum Gasteiger partial charge on any atom is -0.495 e. The first-order valence-corrected chi connectivity index (χ1v) is 11.8. The Morgan fingerprint density at radius 3 is 2.72 bits per heavy atom. The van der Waals surface area contributed by atoms with E-state index in [0.717, 1.165) is 18.4 Å². The number of ether oxygens (including phenoxy) is 1. The van der Waals surface area contributed by atoms with Gasteiger partial charge in [-0.3, -0.25) is 4.79 Å². The van der Waals surface area contributed by atoms with E-state index >= 15 is 0 Å². The molecule has 2 N–H and O–H groups in total. The third-order valence-corrected chi connectivity index (χ3v) is 7.65. The lowest BCUT2D eigenvalue weighted by molar-refractivity contribution is 0.0934. The van der Waals surface area contributed by atoms with Gasteiger partial charge in [0.1, 0.15) is 16.5 Å². The van der Waals surface area contributed by atoms with Crippen LogP contribution in [0.2, 0.25) is 0 Å². The highest BCUT2D eigenvalue weighted by Gasteiger charge is 2.31. The van der Waals surface area contributed by atoms with Crippen LogP contribution >= 0.6 is 11.8 Å². The molecule has 154 valence electrons. The Morgan fingerprint density at radius 1 is 1.21 bits per heavy atom. The molecule has 2 aromatic carbocycles. The van der Waals surface area contributed by atoms with Crippen LogP contribution in [0.1, 0.15) is 41.2 Å². The lowest BCUT2D eigenvalue weighted by Gasteiger charge is -2.26. The van der Waals surface area contributed by atoms with Crippen molar-refractivity contribution in [3.8, 4) is 5.75 Å². The molecule has 1 aliphatic carbocycles. The molecule has 1 saturated carbocycles.